The van der Waals surface area contributed by atoms with Gasteiger partial charge in [0.25, 0.3) is 0 Å². The number of ether oxygens (including phenoxy) is 1. The summed E-state index contributed by atoms with van der Waals surface area (Å²) in [5, 5.41) is 12.7. The molecule has 1 aliphatic rings. The molecule has 0 aromatic rings. The Morgan fingerprint density at radius 2 is 1.93 bits per heavy atom. The summed E-state index contributed by atoms with van der Waals surface area (Å²) in [6, 6.07) is 0.313. The molecule has 0 aromatic carbocycles. The number of aliphatic hydroxyl groups excluding tert-OH is 1. The fourth-order valence-electron chi connectivity index (χ4n) is 1.92. The summed E-state index contributed by atoms with van der Waals surface area (Å²) in [7, 11) is 0. The summed E-state index contributed by atoms with van der Waals surface area (Å²) in [4.78, 5) is 0. The third kappa shape index (κ3) is 4.93. The number of nitrogens with two attached hydrogens (primary N) is 1. The second-order valence-electron chi connectivity index (χ2n) is 5.30. The highest BCUT2D eigenvalue weighted by Gasteiger charge is 2.25. The van der Waals surface area contributed by atoms with Crippen molar-refractivity contribution in [2.45, 2.75) is 70.6 Å². The first-order chi connectivity index (χ1) is 6.88. The molecule has 0 saturated heterocycles. The van der Waals surface area contributed by atoms with Crippen molar-refractivity contribution in [2.24, 2.45) is 5.73 Å². The van der Waals surface area contributed by atoms with Gasteiger partial charge in [-0.05, 0) is 33.6 Å². The van der Waals surface area contributed by atoms with Crippen molar-refractivity contribution in [2.75, 3.05) is 0 Å². The Labute approximate surface area is 92.2 Å². The van der Waals surface area contributed by atoms with Gasteiger partial charge in [0.1, 0.15) is 0 Å². The lowest BCUT2D eigenvalue weighted by atomic mass is 9.91. The molecule has 4 heteroatoms. The minimum Gasteiger partial charge on any atom is -0.356 e. The van der Waals surface area contributed by atoms with Gasteiger partial charge in [0, 0.05) is 12.1 Å². The van der Waals surface area contributed by atoms with Crippen LogP contribution in [0.15, 0.2) is 0 Å². The quantitative estimate of drug-likeness (QED) is 0.614. The molecule has 2 unspecified atom stereocenters. The lowest BCUT2D eigenvalue weighted by Gasteiger charge is -2.33. The van der Waals surface area contributed by atoms with Gasteiger partial charge in [-0.15, -0.1) is 0 Å². The van der Waals surface area contributed by atoms with E-state index in [1.807, 2.05) is 20.8 Å². The van der Waals surface area contributed by atoms with Crippen molar-refractivity contribution in [3.8, 4) is 0 Å². The number of nitrogens with one attached hydrogen (secondary N) is 1. The van der Waals surface area contributed by atoms with Gasteiger partial charge in [-0.1, -0.05) is 12.8 Å². The first-order valence-electron chi connectivity index (χ1n) is 5.76. The van der Waals surface area contributed by atoms with Crippen molar-refractivity contribution in [3.05, 3.63) is 0 Å². The van der Waals surface area contributed by atoms with E-state index in [1.165, 1.54) is 12.8 Å². The Morgan fingerprint density at radius 1 is 1.33 bits per heavy atom. The lowest BCUT2D eigenvalue weighted by Crippen LogP contribution is -2.52. The van der Waals surface area contributed by atoms with Gasteiger partial charge in [-0.3, -0.25) is 5.32 Å². The fourth-order valence-corrected chi connectivity index (χ4v) is 1.92. The van der Waals surface area contributed by atoms with Gasteiger partial charge in [0.05, 0.1) is 5.60 Å². The number of rotatable bonds is 3. The molecular formula is C11H24N2O2. The molecule has 0 bridgehead atoms. The van der Waals surface area contributed by atoms with Crippen molar-refractivity contribution < 1.29 is 9.84 Å². The Kier molecular flexibility index (Phi) is 4.52. The molecule has 0 aliphatic heterocycles. The Hall–Kier alpha value is -0.160. The third-order valence-corrected chi connectivity index (χ3v) is 2.64. The maximum atomic E-state index is 9.67. The molecule has 1 rings (SSSR count). The summed E-state index contributed by atoms with van der Waals surface area (Å²) in [6.07, 6.45) is 3.49. The second kappa shape index (κ2) is 5.25. The van der Waals surface area contributed by atoms with Crippen LogP contribution in [-0.4, -0.2) is 29.2 Å². The maximum absolute atomic E-state index is 9.67. The predicted molar refractivity (Wildman–Crippen MR) is 60.2 cm³/mol. The molecule has 0 amide bonds. The highest BCUT2D eigenvalue weighted by atomic mass is 16.6. The second-order valence-corrected chi connectivity index (χ2v) is 5.30. The van der Waals surface area contributed by atoms with E-state index in [9.17, 15) is 5.11 Å². The normalized spacial score (nSPS) is 30.2. The largest absolute Gasteiger partial charge is 0.356 e. The zero-order valence-corrected chi connectivity index (χ0v) is 9.99. The summed E-state index contributed by atoms with van der Waals surface area (Å²) in [5.74, 6) is 0. The first kappa shape index (κ1) is 12.9. The minimum absolute atomic E-state index is 0.136. The van der Waals surface area contributed by atoms with E-state index in [-0.39, 0.29) is 17.7 Å². The Bertz CT molecular complexity index is 192. The summed E-state index contributed by atoms with van der Waals surface area (Å²) in [6.45, 7) is 5.75. The maximum Gasteiger partial charge on any atom is 0.214 e. The number of aliphatic hydroxyl groups is 1. The van der Waals surface area contributed by atoms with Gasteiger partial charge >= 0.3 is 0 Å². The lowest BCUT2D eigenvalue weighted by molar-refractivity contribution is -0.187. The van der Waals surface area contributed by atoms with Gasteiger partial charge in [0.2, 0.25) is 6.41 Å². The highest BCUT2D eigenvalue weighted by molar-refractivity contribution is 4.83. The number of hydrogen-bond acceptors (Lipinski definition) is 4. The molecule has 4 N–H and O–H groups in total. The zero-order valence-electron chi connectivity index (χ0n) is 9.99. The van der Waals surface area contributed by atoms with Crippen LogP contribution in [0.25, 0.3) is 0 Å². The van der Waals surface area contributed by atoms with E-state index in [0.29, 0.717) is 0 Å². The zero-order chi connectivity index (χ0) is 11.5. The average Bonchev–Trinajstić information content (AvgIpc) is 2.05. The molecule has 1 aliphatic carbocycles. The minimum atomic E-state index is -0.917. The highest BCUT2D eigenvalue weighted by Crippen LogP contribution is 2.18. The molecule has 3 atom stereocenters. The van der Waals surface area contributed by atoms with Gasteiger partial charge in [-0.25, -0.2) is 0 Å². The monoisotopic (exact) mass is 216 g/mol. The first-order valence-corrected chi connectivity index (χ1v) is 5.76. The molecule has 0 heterocycles. The van der Waals surface area contributed by atoms with E-state index < -0.39 is 6.41 Å². The molecule has 90 valence electrons. The van der Waals surface area contributed by atoms with E-state index >= 15 is 0 Å². The average molecular weight is 216 g/mol. The SMILES string of the molecule is CC(C)(C)O[C@H](O)NC1CCCCC1N. The van der Waals surface area contributed by atoms with Crippen molar-refractivity contribution in [1.29, 1.82) is 0 Å². The molecule has 4 nitrogen and oxygen atoms in total. The Morgan fingerprint density at radius 3 is 2.47 bits per heavy atom. The van der Waals surface area contributed by atoms with E-state index in [2.05, 4.69) is 5.32 Å². The number of hydrogen-bond donors (Lipinski definition) is 3. The van der Waals surface area contributed by atoms with Crippen LogP contribution in [0.4, 0.5) is 0 Å². The van der Waals surface area contributed by atoms with Crippen LogP contribution in [0, 0.1) is 0 Å². The Balaban J connectivity index is 2.33. The van der Waals surface area contributed by atoms with Crippen LogP contribution in [0.5, 0.6) is 0 Å². The van der Waals surface area contributed by atoms with E-state index in [1.54, 1.807) is 0 Å². The van der Waals surface area contributed by atoms with E-state index in [4.69, 9.17) is 10.5 Å². The molecule has 0 aromatic heterocycles. The van der Waals surface area contributed by atoms with Gasteiger partial charge < -0.3 is 15.6 Å². The summed E-state index contributed by atoms with van der Waals surface area (Å²) >= 11 is 0. The molecule has 15 heavy (non-hydrogen) atoms. The topological polar surface area (TPSA) is 67.5 Å². The van der Waals surface area contributed by atoms with Crippen LogP contribution in [-0.2, 0) is 4.74 Å². The van der Waals surface area contributed by atoms with Gasteiger partial charge in [-0.2, -0.15) is 0 Å². The van der Waals surface area contributed by atoms with Crippen LogP contribution in [0.2, 0.25) is 0 Å². The van der Waals surface area contributed by atoms with E-state index in [0.717, 1.165) is 12.8 Å². The van der Waals surface area contributed by atoms with Crippen molar-refractivity contribution >= 4 is 0 Å². The van der Waals surface area contributed by atoms with Crippen LogP contribution >= 0.6 is 0 Å². The van der Waals surface area contributed by atoms with Gasteiger partial charge in [0.15, 0.2) is 0 Å². The van der Waals surface area contributed by atoms with Crippen LogP contribution in [0.3, 0.4) is 0 Å². The molecule has 0 radical (unpaired) electrons. The molecule has 0 spiro atoms. The predicted octanol–water partition coefficient (Wildman–Crippen LogP) is 0.937. The summed E-state index contributed by atoms with van der Waals surface area (Å²) in [5.41, 5.74) is 5.62. The molecular weight excluding hydrogens is 192 g/mol. The summed E-state index contributed by atoms with van der Waals surface area (Å²) < 4.78 is 5.38. The standard InChI is InChI=1S/C11H24N2O2/c1-11(2,3)15-10(14)13-9-7-5-4-6-8(9)12/h8-10,13-14H,4-7,12H2,1-3H3/t8?,9?,10-/m0/s1. The molecule has 1 fully saturated rings. The van der Waals surface area contributed by atoms with Crippen molar-refractivity contribution in [3.63, 3.8) is 0 Å². The van der Waals surface area contributed by atoms with Crippen molar-refractivity contribution in [1.82, 2.24) is 5.32 Å². The van der Waals surface area contributed by atoms with Crippen LogP contribution in [0.1, 0.15) is 46.5 Å². The smallest absolute Gasteiger partial charge is 0.214 e. The van der Waals surface area contributed by atoms with Crippen LogP contribution < -0.4 is 11.1 Å². The fraction of sp³-hybridized carbons (Fsp3) is 1.00. The molecule has 1 saturated carbocycles. The third-order valence-electron chi connectivity index (χ3n) is 2.64.